The number of hydrogen-bond donors (Lipinski definition) is 0. The molecule has 16 heavy (non-hydrogen) atoms. The lowest BCUT2D eigenvalue weighted by Gasteiger charge is -2.18. The zero-order chi connectivity index (χ0) is 12.6. The van der Waals surface area contributed by atoms with Gasteiger partial charge in [0.15, 0.2) is 0 Å². The molecule has 0 aliphatic rings. The Balaban J connectivity index is 4.68. The fourth-order valence-electron chi connectivity index (χ4n) is 0.950. The van der Waals surface area contributed by atoms with Gasteiger partial charge in [-0.15, -0.1) is 3.71 Å². The number of carbonyl (C=O) groups is 1. The molecule has 1 amide bonds. The van der Waals surface area contributed by atoms with E-state index in [9.17, 15) is 13.2 Å². The minimum Gasteiger partial charge on any atom is -0.448 e. The summed E-state index contributed by atoms with van der Waals surface area (Å²) in [5, 5.41) is 0. The summed E-state index contributed by atoms with van der Waals surface area (Å²) in [7, 11) is -3.12. The van der Waals surface area contributed by atoms with Gasteiger partial charge in [0.1, 0.15) is 22.0 Å². The third kappa shape index (κ3) is 5.07. The van der Waals surface area contributed by atoms with Crippen molar-refractivity contribution < 1.29 is 17.9 Å². The van der Waals surface area contributed by atoms with Crippen LogP contribution in [0.25, 0.3) is 0 Å². The van der Waals surface area contributed by atoms with Crippen molar-refractivity contribution in [2.24, 2.45) is 0 Å². The fraction of sp³-hybridized carbons (Fsp3) is 0.889. The highest BCUT2D eigenvalue weighted by atomic mass is 32.3. The number of ether oxygens (including phenoxy) is 1. The molecule has 0 radical (unpaired) electrons. The maximum absolute atomic E-state index is 11.7. The van der Waals surface area contributed by atoms with E-state index in [0.717, 1.165) is 3.71 Å². The Bertz CT molecular complexity index is 227. The van der Waals surface area contributed by atoms with Crippen molar-refractivity contribution in [1.82, 2.24) is 3.71 Å². The zero-order valence-corrected chi connectivity index (χ0v) is 11.6. The van der Waals surface area contributed by atoms with E-state index in [1.54, 1.807) is 6.92 Å². The number of carbonyl (C=O) groups excluding carboxylic acids is 1. The predicted molar refractivity (Wildman–Crippen MR) is 65.5 cm³/mol. The lowest BCUT2D eigenvalue weighted by Crippen LogP contribution is -2.37. The second kappa shape index (κ2) is 8.69. The van der Waals surface area contributed by atoms with Gasteiger partial charge in [0.2, 0.25) is 0 Å². The maximum Gasteiger partial charge on any atom is 0.434 e. The van der Waals surface area contributed by atoms with Crippen molar-refractivity contribution in [2.45, 2.75) is 33.6 Å². The van der Waals surface area contributed by atoms with Crippen LogP contribution in [0.15, 0.2) is 0 Å². The quantitative estimate of drug-likeness (QED) is 0.704. The first-order valence-electron chi connectivity index (χ1n) is 5.32. The predicted octanol–water partition coefficient (Wildman–Crippen LogP) is 1.59. The normalized spacial score (nSPS) is 14.2. The van der Waals surface area contributed by atoms with Crippen LogP contribution in [0.2, 0.25) is 0 Å². The van der Waals surface area contributed by atoms with Crippen molar-refractivity contribution in [1.29, 1.82) is 0 Å². The third-order valence-electron chi connectivity index (χ3n) is 1.54. The highest BCUT2D eigenvalue weighted by Crippen LogP contribution is 2.07. The molecular weight excluding hydrogens is 250 g/mol. The summed E-state index contributed by atoms with van der Waals surface area (Å²) < 4.78 is 29.0. The standard InChI is InChI=1S/C9H19NO4S2/c1-4-7-15(12)10(9(11)14-6-3)16(13)8-5-2/h4-8H2,1-3H3. The highest BCUT2D eigenvalue weighted by Gasteiger charge is 2.26. The molecule has 0 spiro atoms. The van der Waals surface area contributed by atoms with Crippen molar-refractivity contribution in [3.63, 3.8) is 0 Å². The van der Waals surface area contributed by atoms with Gasteiger partial charge >= 0.3 is 6.09 Å². The van der Waals surface area contributed by atoms with E-state index in [0.29, 0.717) is 24.3 Å². The Morgan fingerprint density at radius 1 is 1.06 bits per heavy atom. The molecule has 0 saturated carbocycles. The van der Waals surface area contributed by atoms with Gasteiger partial charge in [0, 0.05) is 11.5 Å². The molecule has 0 bridgehead atoms. The average molecular weight is 269 g/mol. The number of amides is 1. The smallest absolute Gasteiger partial charge is 0.434 e. The Kier molecular flexibility index (Phi) is 8.46. The van der Waals surface area contributed by atoms with Gasteiger partial charge in [-0.2, -0.15) is 0 Å². The number of hydrogen-bond acceptors (Lipinski definition) is 4. The summed E-state index contributed by atoms with van der Waals surface area (Å²) in [4.78, 5) is 11.5. The second-order valence-corrected chi connectivity index (χ2v) is 6.07. The lowest BCUT2D eigenvalue weighted by atomic mass is 10.6. The van der Waals surface area contributed by atoms with Gasteiger partial charge in [-0.05, 0) is 19.8 Å². The summed E-state index contributed by atoms with van der Waals surface area (Å²) in [5.41, 5.74) is 0. The van der Waals surface area contributed by atoms with Gasteiger partial charge in [-0.1, -0.05) is 13.8 Å². The molecule has 0 aromatic rings. The molecule has 0 aliphatic heterocycles. The Labute approximate surface area is 102 Å². The molecule has 96 valence electrons. The first kappa shape index (κ1) is 15.6. The lowest BCUT2D eigenvalue weighted by molar-refractivity contribution is 0.146. The highest BCUT2D eigenvalue weighted by molar-refractivity contribution is 7.98. The minimum absolute atomic E-state index is 0.183. The van der Waals surface area contributed by atoms with Crippen LogP contribution < -0.4 is 0 Å². The molecule has 0 saturated heterocycles. The third-order valence-corrected chi connectivity index (χ3v) is 5.09. The van der Waals surface area contributed by atoms with E-state index in [1.165, 1.54) is 0 Å². The van der Waals surface area contributed by atoms with Crippen LogP contribution in [0.4, 0.5) is 4.79 Å². The zero-order valence-electron chi connectivity index (χ0n) is 9.93. The topological polar surface area (TPSA) is 63.7 Å². The van der Waals surface area contributed by atoms with Crippen molar-refractivity contribution in [3.05, 3.63) is 0 Å². The van der Waals surface area contributed by atoms with Gasteiger partial charge < -0.3 is 4.74 Å². The van der Waals surface area contributed by atoms with Gasteiger partial charge in [-0.25, -0.2) is 13.2 Å². The van der Waals surface area contributed by atoms with Crippen molar-refractivity contribution >= 4 is 28.1 Å². The first-order valence-corrected chi connectivity index (χ1v) is 7.87. The summed E-state index contributed by atoms with van der Waals surface area (Å²) in [5.74, 6) is 0.628. The van der Waals surface area contributed by atoms with E-state index >= 15 is 0 Å². The van der Waals surface area contributed by atoms with E-state index in [2.05, 4.69) is 0 Å². The Morgan fingerprint density at radius 3 is 1.81 bits per heavy atom. The van der Waals surface area contributed by atoms with Crippen LogP contribution in [0.1, 0.15) is 33.6 Å². The Morgan fingerprint density at radius 2 is 1.50 bits per heavy atom. The first-order chi connectivity index (χ1) is 7.58. The molecule has 7 heteroatoms. The summed E-state index contributed by atoms with van der Waals surface area (Å²) in [6, 6.07) is 0. The van der Waals surface area contributed by atoms with Gasteiger partial charge in [0.05, 0.1) is 6.61 Å². The number of nitrogens with zero attached hydrogens (tertiary/aromatic N) is 1. The Hall–Kier alpha value is -0.430. The molecule has 2 unspecified atom stereocenters. The van der Waals surface area contributed by atoms with E-state index in [4.69, 9.17) is 4.74 Å². The van der Waals surface area contributed by atoms with Crippen LogP contribution in [0.5, 0.6) is 0 Å². The van der Waals surface area contributed by atoms with E-state index in [1.807, 2.05) is 13.8 Å². The second-order valence-electron chi connectivity index (χ2n) is 3.01. The van der Waals surface area contributed by atoms with Gasteiger partial charge in [0.25, 0.3) is 0 Å². The molecule has 0 aromatic carbocycles. The van der Waals surface area contributed by atoms with Crippen LogP contribution >= 0.6 is 0 Å². The molecule has 5 nitrogen and oxygen atoms in total. The molecule has 2 atom stereocenters. The van der Waals surface area contributed by atoms with Crippen molar-refractivity contribution in [2.75, 3.05) is 18.1 Å². The van der Waals surface area contributed by atoms with Crippen molar-refractivity contribution in [3.8, 4) is 0 Å². The van der Waals surface area contributed by atoms with E-state index < -0.39 is 28.1 Å². The van der Waals surface area contributed by atoms with Crippen LogP contribution in [0.3, 0.4) is 0 Å². The number of rotatable bonds is 7. The maximum atomic E-state index is 11.7. The van der Waals surface area contributed by atoms with Crippen LogP contribution in [-0.2, 0) is 26.7 Å². The van der Waals surface area contributed by atoms with E-state index in [-0.39, 0.29) is 6.61 Å². The molecule has 0 N–H and O–H groups in total. The summed E-state index contributed by atoms with van der Waals surface area (Å²) >= 11 is 0. The summed E-state index contributed by atoms with van der Waals surface area (Å²) in [6.07, 6.45) is 0.554. The molecule has 0 aromatic heterocycles. The van der Waals surface area contributed by atoms with Crippen LogP contribution in [-0.4, -0.2) is 36.3 Å². The average Bonchev–Trinajstić information content (AvgIpc) is 2.19. The monoisotopic (exact) mass is 269 g/mol. The molecule has 0 fully saturated rings. The largest absolute Gasteiger partial charge is 0.448 e. The van der Waals surface area contributed by atoms with Gasteiger partial charge in [-0.3, -0.25) is 0 Å². The molecular formula is C9H19NO4S2. The SMILES string of the molecule is CCCS(=O)N(C(=O)OCC)S(=O)CCC. The summed E-state index contributed by atoms with van der Waals surface area (Å²) in [6.45, 7) is 5.54. The molecule has 0 aliphatic carbocycles. The fourth-order valence-corrected chi connectivity index (χ4v) is 3.61. The molecule has 0 heterocycles. The van der Waals surface area contributed by atoms with Crippen LogP contribution in [0, 0.1) is 0 Å². The molecule has 0 rings (SSSR count). The minimum atomic E-state index is -1.56.